The van der Waals surface area contributed by atoms with E-state index >= 15 is 0 Å². The molecule has 0 N–H and O–H groups in total. The zero-order valence-electron chi connectivity index (χ0n) is 13.3. The van der Waals surface area contributed by atoms with Gasteiger partial charge < -0.3 is 0 Å². The van der Waals surface area contributed by atoms with Gasteiger partial charge in [0.2, 0.25) is 0 Å². The number of benzene rings is 2. The maximum atomic E-state index is 13.0. The normalized spacial score (nSPS) is 16.8. The summed E-state index contributed by atoms with van der Waals surface area (Å²) < 4.78 is 0. The molecule has 25 heavy (non-hydrogen) atoms. The van der Waals surface area contributed by atoms with Crippen molar-refractivity contribution in [1.29, 1.82) is 0 Å². The monoisotopic (exact) mass is 366 g/mol. The van der Waals surface area contributed by atoms with Gasteiger partial charge in [0.25, 0.3) is 5.91 Å². The van der Waals surface area contributed by atoms with Crippen LogP contribution in [0.3, 0.4) is 0 Å². The summed E-state index contributed by atoms with van der Waals surface area (Å²) >= 11 is 7.66. The molecule has 0 fully saturated rings. The molecule has 0 radical (unpaired) electrons. The molecular weight excluding hydrogens is 352 g/mol. The van der Waals surface area contributed by atoms with Gasteiger partial charge in [0.05, 0.1) is 16.6 Å². The van der Waals surface area contributed by atoms with E-state index in [2.05, 4.69) is 5.10 Å². The Bertz CT molecular complexity index is 905. The summed E-state index contributed by atoms with van der Waals surface area (Å²) in [6.07, 6.45) is 0.695. The number of hydrogen-bond donors (Lipinski definition) is 0. The van der Waals surface area contributed by atoms with Gasteiger partial charge in [-0.2, -0.15) is 5.10 Å². The number of hydrazone groups is 1. The molecule has 3 nitrogen and oxygen atoms in total. The molecule has 0 bridgehead atoms. The molecule has 0 aliphatic carbocycles. The standard InChI is InChI=1S/C20H15ClN2OS/c21-16-10-8-14(9-11-16)18-13-17(19-7-4-12-25-19)22-23(18)20(24)15-5-2-1-3-6-15/h1-12,18H,13H2. The van der Waals surface area contributed by atoms with Crippen LogP contribution in [0.5, 0.6) is 0 Å². The van der Waals surface area contributed by atoms with E-state index in [1.807, 2.05) is 72.1 Å². The van der Waals surface area contributed by atoms with Crippen molar-refractivity contribution in [3.8, 4) is 0 Å². The van der Waals surface area contributed by atoms with Gasteiger partial charge in [0.15, 0.2) is 0 Å². The zero-order chi connectivity index (χ0) is 17.2. The summed E-state index contributed by atoms with van der Waals surface area (Å²) in [6, 6.07) is 20.8. The van der Waals surface area contributed by atoms with Crippen LogP contribution < -0.4 is 0 Å². The van der Waals surface area contributed by atoms with Crippen molar-refractivity contribution in [2.75, 3.05) is 0 Å². The lowest BCUT2D eigenvalue weighted by molar-refractivity contribution is 0.0711. The largest absolute Gasteiger partial charge is 0.274 e. The van der Waals surface area contributed by atoms with Crippen LogP contribution in [0.4, 0.5) is 0 Å². The van der Waals surface area contributed by atoms with Crippen LogP contribution in [0, 0.1) is 0 Å². The van der Waals surface area contributed by atoms with E-state index in [9.17, 15) is 4.79 Å². The van der Waals surface area contributed by atoms with E-state index in [0.29, 0.717) is 17.0 Å². The Kier molecular flexibility index (Phi) is 4.38. The number of halogens is 1. The van der Waals surface area contributed by atoms with Crippen LogP contribution in [0.2, 0.25) is 5.02 Å². The third-order valence-electron chi connectivity index (χ3n) is 4.20. The summed E-state index contributed by atoms with van der Waals surface area (Å²) in [5.74, 6) is -0.0906. The highest BCUT2D eigenvalue weighted by molar-refractivity contribution is 7.12. The van der Waals surface area contributed by atoms with Crippen molar-refractivity contribution in [2.24, 2.45) is 5.10 Å². The van der Waals surface area contributed by atoms with Crippen molar-refractivity contribution in [3.05, 3.63) is 93.1 Å². The third-order valence-corrected chi connectivity index (χ3v) is 5.37. The molecule has 4 rings (SSSR count). The average molecular weight is 367 g/mol. The van der Waals surface area contributed by atoms with E-state index in [0.717, 1.165) is 16.2 Å². The van der Waals surface area contributed by atoms with E-state index in [-0.39, 0.29) is 11.9 Å². The Labute approximate surface area is 155 Å². The van der Waals surface area contributed by atoms with E-state index in [1.54, 1.807) is 16.3 Å². The van der Waals surface area contributed by atoms with Gasteiger partial charge in [0.1, 0.15) is 0 Å². The molecule has 0 spiro atoms. The fourth-order valence-electron chi connectivity index (χ4n) is 2.95. The first-order chi connectivity index (χ1) is 12.2. The first-order valence-corrected chi connectivity index (χ1v) is 9.23. The van der Waals surface area contributed by atoms with Gasteiger partial charge >= 0.3 is 0 Å². The topological polar surface area (TPSA) is 32.7 Å². The number of thiophene rings is 1. The van der Waals surface area contributed by atoms with Crippen LogP contribution >= 0.6 is 22.9 Å². The lowest BCUT2D eigenvalue weighted by atomic mass is 10.0. The Balaban J connectivity index is 1.72. The predicted octanol–water partition coefficient (Wildman–Crippen LogP) is 5.39. The van der Waals surface area contributed by atoms with Crippen LogP contribution in [0.1, 0.15) is 33.3 Å². The number of amides is 1. The summed E-state index contributed by atoms with van der Waals surface area (Å²) in [5, 5.41) is 8.98. The van der Waals surface area contributed by atoms with Gasteiger partial charge in [-0.3, -0.25) is 4.79 Å². The van der Waals surface area contributed by atoms with E-state index in [4.69, 9.17) is 11.6 Å². The van der Waals surface area contributed by atoms with Crippen LogP contribution in [-0.2, 0) is 0 Å². The van der Waals surface area contributed by atoms with E-state index < -0.39 is 0 Å². The number of rotatable bonds is 3. The highest BCUT2D eigenvalue weighted by atomic mass is 35.5. The summed E-state index contributed by atoms with van der Waals surface area (Å²) in [5.41, 5.74) is 2.61. The predicted molar refractivity (Wildman–Crippen MR) is 102 cm³/mol. The number of carbonyl (C=O) groups excluding carboxylic acids is 1. The maximum absolute atomic E-state index is 13.0. The summed E-state index contributed by atoms with van der Waals surface area (Å²) in [6.45, 7) is 0. The smallest absolute Gasteiger partial charge is 0.267 e. The van der Waals surface area contributed by atoms with E-state index in [1.165, 1.54) is 0 Å². The molecule has 1 amide bonds. The molecule has 3 aromatic rings. The van der Waals surface area contributed by atoms with Crippen molar-refractivity contribution in [1.82, 2.24) is 5.01 Å². The van der Waals surface area contributed by atoms with Crippen molar-refractivity contribution >= 4 is 34.6 Å². The molecule has 1 atom stereocenters. The highest BCUT2D eigenvalue weighted by Gasteiger charge is 2.33. The van der Waals surface area contributed by atoms with Gasteiger partial charge in [0, 0.05) is 17.0 Å². The highest BCUT2D eigenvalue weighted by Crippen LogP contribution is 2.35. The lowest BCUT2D eigenvalue weighted by Gasteiger charge is -2.22. The number of hydrogen-bond acceptors (Lipinski definition) is 3. The fourth-order valence-corrected chi connectivity index (χ4v) is 3.79. The van der Waals surface area contributed by atoms with Crippen molar-refractivity contribution in [2.45, 2.75) is 12.5 Å². The van der Waals surface area contributed by atoms with Gasteiger partial charge in [-0.05, 0) is 41.3 Å². The van der Waals surface area contributed by atoms with Crippen molar-refractivity contribution in [3.63, 3.8) is 0 Å². The van der Waals surface area contributed by atoms with Gasteiger partial charge in [-0.15, -0.1) is 11.3 Å². The molecule has 0 saturated heterocycles. The Morgan fingerprint density at radius 3 is 2.48 bits per heavy atom. The molecule has 2 aromatic carbocycles. The summed E-state index contributed by atoms with van der Waals surface area (Å²) in [7, 11) is 0. The molecule has 5 heteroatoms. The van der Waals surface area contributed by atoms with Crippen LogP contribution in [0.25, 0.3) is 0 Å². The Morgan fingerprint density at radius 1 is 1.04 bits per heavy atom. The average Bonchev–Trinajstić information content (AvgIpc) is 3.32. The summed E-state index contributed by atoms with van der Waals surface area (Å²) in [4.78, 5) is 14.1. The van der Waals surface area contributed by atoms with Crippen LogP contribution in [0.15, 0.2) is 77.2 Å². The first kappa shape index (κ1) is 16.1. The Morgan fingerprint density at radius 2 is 1.80 bits per heavy atom. The second-order valence-corrected chi connectivity index (χ2v) is 7.20. The lowest BCUT2D eigenvalue weighted by Crippen LogP contribution is -2.27. The molecule has 124 valence electrons. The molecule has 1 aromatic heterocycles. The molecule has 0 saturated carbocycles. The second kappa shape index (κ2) is 6.82. The number of nitrogens with zero attached hydrogens (tertiary/aromatic N) is 2. The fraction of sp³-hybridized carbons (Fsp3) is 0.100. The molecule has 1 aliphatic heterocycles. The third kappa shape index (κ3) is 3.23. The maximum Gasteiger partial charge on any atom is 0.274 e. The molecule has 1 aliphatic rings. The quantitative estimate of drug-likeness (QED) is 0.611. The first-order valence-electron chi connectivity index (χ1n) is 7.98. The zero-order valence-corrected chi connectivity index (χ0v) is 14.9. The SMILES string of the molecule is O=C(c1ccccc1)N1N=C(c2cccs2)CC1c1ccc(Cl)cc1. The minimum atomic E-state index is -0.123. The van der Waals surface area contributed by atoms with Crippen molar-refractivity contribution < 1.29 is 4.79 Å². The number of carbonyl (C=O) groups is 1. The minimum absolute atomic E-state index is 0.0906. The molecule has 2 heterocycles. The minimum Gasteiger partial charge on any atom is -0.267 e. The van der Waals surface area contributed by atoms with Gasteiger partial charge in [-0.25, -0.2) is 5.01 Å². The van der Waals surface area contributed by atoms with Gasteiger partial charge in [-0.1, -0.05) is 48.0 Å². The molecule has 1 unspecified atom stereocenters. The molecular formula is C20H15ClN2OS. The van der Waals surface area contributed by atoms with Crippen LogP contribution in [-0.4, -0.2) is 16.6 Å². The Hall–Kier alpha value is -2.43. The second-order valence-electron chi connectivity index (χ2n) is 5.81.